The molecule has 0 spiro atoms. The number of Topliss-reactive ketones (excluding diaryl/α,β-unsaturated/α-hetero) is 1. The summed E-state index contributed by atoms with van der Waals surface area (Å²) in [6, 6.07) is 0. The minimum Gasteiger partial charge on any atom is -0.374 e. The van der Waals surface area contributed by atoms with Gasteiger partial charge in [0.2, 0.25) is 0 Å². The van der Waals surface area contributed by atoms with Crippen LogP contribution in [0.3, 0.4) is 0 Å². The SMILES string of the molecule is CCCOCC(=O)CCl. The molecule has 0 heterocycles. The van der Waals surface area contributed by atoms with Crippen LogP contribution in [0.25, 0.3) is 0 Å². The fraction of sp³-hybridized carbons (Fsp3) is 0.833. The van der Waals surface area contributed by atoms with Gasteiger partial charge in [-0.15, -0.1) is 11.6 Å². The molecule has 0 radical (unpaired) electrons. The van der Waals surface area contributed by atoms with E-state index in [1.807, 2.05) is 6.92 Å². The molecular formula is C6H11ClO2. The van der Waals surface area contributed by atoms with Crippen LogP contribution < -0.4 is 0 Å². The van der Waals surface area contributed by atoms with Gasteiger partial charge >= 0.3 is 0 Å². The zero-order valence-corrected chi connectivity index (χ0v) is 6.28. The van der Waals surface area contributed by atoms with Crippen LogP contribution in [0.4, 0.5) is 0 Å². The largest absolute Gasteiger partial charge is 0.374 e. The molecule has 0 aromatic carbocycles. The van der Waals surface area contributed by atoms with Crippen molar-refractivity contribution in [2.45, 2.75) is 13.3 Å². The van der Waals surface area contributed by atoms with E-state index in [0.29, 0.717) is 6.61 Å². The van der Waals surface area contributed by atoms with Crippen LogP contribution in [0.2, 0.25) is 0 Å². The molecule has 0 unspecified atom stereocenters. The lowest BCUT2D eigenvalue weighted by Gasteiger charge is -1.96. The van der Waals surface area contributed by atoms with E-state index in [9.17, 15) is 4.79 Å². The van der Waals surface area contributed by atoms with E-state index in [0.717, 1.165) is 6.42 Å². The summed E-state index contributed by atoms with van der Waals surface area (Å²) in [6.07, 6.45) is 0.940. The summed E-state index contributed by atoms with van der Waals surface area (Å²) in [5.74, 6) is 0.00842. The molecule has 0 saturated carbocycles. The Balaban J connectivity index is 2.97. The van der Waals surface area contributed by atoms with Gasteiger partial charge in [0, 0.05) is 6.61 Å². The van der Waals surface area contributed by atoms with E-state index in [4.69, 9.17) is 16.3 Å². The van der Waals surface area contributed by atoms with Crippen molar-refractivity contribution >= 4 is 17.4 Å². The Labute approximate surface area is 60.1 Å². The topological polar surface area (TPSA) is 26.3 Å². The first kappa shape index (κ1) is 8.92. The highest BCUT2D eigenvalue weighted by Crippen LogP contribution is 1.83. The molecule has 0 amide bonds. The Morgan fingerprint density at radius 2 is 2.33 bits per heavy atom. The molecule has 0 aromatic heterocycles. The number of hydrogen-bond acceptors (Lipinski definition) is 2. The smallest absolute Gasteiger partial charge is 0.173 e. The minimum atomic E-state index is -0.0508. The quantitative estimate of drug-likeness (QED) is 0.435. The lowest BCUT2D eigenvalue weighted by atomic mass is 10.5. The number of rotatable bonds is 5. The molecule has 0 saturated heterocycles. The Hall–Kier alpha value is -0.0800. The molecule has 0 fully saturated rings. The van der Waals surface area contributed by atoms with Crippen LogP contribution >= 0.6 is 11.6 Å². The molecule has 3 heteroatoms. The van der Waals surface area contributed by atoms with Gasteiger partial charge in [0.15, 0.2) is 5.78 Å². The van der Waals surface area contributed by atoms with E-state index in [2.05, 4.69) is 0 Å². The molecule has 9 heavy (non-hydrogen) atoms. The first-order chi connectivity index (χ1) is 4.31. The molecule has 0 bridgehead atoms. The van der Waals surface area contributed by atoms with Crippen molar-refractivity contribution in [1.29, 1.82) is 0 Å². The molecule has 0 N–H and O–H groups in total. The second-order valence-corrected chi connectivity index (χ2v) is 1.99. The predicted molar refractivity (Wildman–Crippen MR) is 36.8 cm³/mol. The third-order valence-electron chi connectivity index (χ3n) is 0.761. The van der Waals surface area contributed by atoms with Crippen molar-refractivity contribution < 1.29 is 9.53 Å². The lowest BCUT2D eigenvalue weighted by Crippen LogP contribution is -2.09. The molecular weight excluding hydrogens is 140 g/mol. The fourth-order valence-corrected chi connectivity index (χ4v) is 0.446. The maximum atomic E-state index is 10.4. The molecule has 0 aliphatic carbocycles. The molecule has 0 aliphatic heterocycles. The Morgan fingerprint density at radius 1 is 1.67 bits per heavy atom. The van der Waals surface area contributed by atoms with Gasteiger partial charge in [-0.2, -0.15) is 0 Å². The van der Waals surface area contributed by atoms with Crippen LogP contribution in [0.15, 0.2) is 0 Å². The Kier molecular flexibility index (Phi) is 5.99. The first-order valence-electron chi connectivity index (χ1n) is 2.96. The van der Waals surface area contributed by atoms with E-state index < -0.39 is 0 Å². The number of hydrogen-bond donors (Lipinski definition) is 0. The highest BCUT2D eigenvalue weighted by atomic mass is 35.5. The van der Waals surface area contributed by atoms with Crippen LogP contribution in [0, 0.1) is 0 Å². The first-order valence-corrected chi connectivity index (χ1v) is 3.50. The van der Waals surface area contributed by atoms with Crippen molar-refractivity contribution in [1.82, 2.24) is 0 Å². The van der Waals surface area contributed by atoms with Crippen molar-refractivity contribution in [2.24, 2.45) is 0 Å². The maximum Gasteiger partial charge on any atom is 0.173 e. The zero-order valence-electron chi connectivity index (χ0n) is 5.52. The van der Waals surface area contributed by atoms with Crippen molar-refractivity contribution in [3.8, 4) is 0 Å². The van der Waals surface area contributed by atoms with Gasteiger partial charge in [0.25, 0.3) is 0 Å². The predicted octanol–water partition coefficient (Wildman–Crippen LogP) is 1.22. The van der Waals surface area contributed by atoms with Gasteiger partial charge in [-0.25, -0.2) is 0 Å². The van der Waals surface area contributed by atoms with E-state index in [-0.39, 0.29) is 18.3 Å². The second kappa shape index (κ2) is 6.05. The number of ketones is 1. The third-order valence-corrected chi connectivity index (χ3v) is 1.06. The van der Waals surface area contributed by atoms with Gasteiger partial charge in [-0.3, -0.25) is 4.79 Å². The number of carbonyl (C=O) groups is 1. The third kappa shape index (κ3) is 5.80. The molecule has 54 valence electrons. The van der Waals surface area contributed by atoms with E-state index in [1.165, 1.54) is 0 Å². The van der Waals surface area contributed by atoms with Crippen LogP contribution in [0.1, 0.15) is 13.3 Å². The Morgan fingerprint density at radius 3 is 2.78 bits per heavy atom. The highest BCUT2D eigenvalue weighted by Gasteiger charge is 1.96. The second-order valence-electron chi connectivity index (χ2n) is 1.72. The summed E-state index contributed by atoms with van der Waals surface area (Å²) in [7, 11) is 0. The standard InChI is InChI=1S/C6H11ClO2/c1-2-3-9-5-6(8)4-7/h2-5H2,1H3. The Bertz CT molecular complexity index is 83.1. The average Bonchev–Trinajstić information content (AvgIpc) is 1.89. The molecule has 2 nitrogen and oxygen atoms in total. The minimum absolute atomic E-state index is 0.0508. The summed E-state index contributed by atoms with van der Waals surface area (Å²) < 4.78 is 4.90. The van der Waals surface area contributed by atoms with Gasteiger partial charge in [-0.1, -0.05) is 6.92 Å². The van der Waals surface area contributed by atoms with Gasteiger partial charge in [0.05, 0.1) is 5.88 Å². The van der Waals surface area contributed by atoms with Gasteiger partial charge in [-0.05, 0) is 6.42 Å². The summed E-state index contributed by atoms with van der Waals surface area (Å²) in [5, 5.41) is 0. The van der Waals surface area contributed by atoms with Gasteiger partial charge < -0.3 is 4.74 Å². The summed E-state index contributed by atoms with van der Waals surface area (Å²) >= 11 is 5.20. The number of alkyl halides is 1. The van der Waals surface area contributed by atoms with Crippen molar-refractivity contribution in [3.63, 3.8) is 0 Å². The van der Waals surface area contributed by atoms with Gasteiger partial charge in [0.1, 0.15) is 6.61 Å². The van der Waals surface area contributed by atoms with Crippen molar-refractivity contribution in [2.75, 3.05) is 19.1 Å². The molecule has 0 aromatic rings. The maximum absolute atomic E-state index is 10.4. The number of carbonyl (C=O) groups excluding carboxylic acids is 1. The molecule has 0 aliphatic rings. The molecule has 0 atom stereocenters. The van der Waals surface area contributed by atoms with Crippen LogP contribution in [0.5, 0.6) is 0 Å². The number of halogens is 1. The average molecular weight is 151 g/mol. The summed E-state index contributed by atoms with van der Waals surface area (Å²) in [4.78, 5) is 10.4. The lowest BCUT2D eigenvalue weighted by molar-refractivity contribution is -0.121. The summed E-state index contributed by atoms with van der Waals surface area (Å²) in [5.41, 5.74) is 0. The number of ether oxygens (including phenoxy) is 1. The van der Waals surface area contributed by atoms with Crippen LogP contribution in [-0.4, -0.2) is 24.9 Å². The van der Waals surface area contributed by atoms with E-state index >= 15 is 0 Å². The summed E-state index contributed by atoms with van der Waals surface area (Å²) in [6.45, 7) is 2.80. The highest BCUT2D eigenvalue weighted by molar-refractivity contribution is 6.27. The monoisotopic (exact) mass is 150 g/mol. The van der Waals surface area contributed by atoms with Crippen molar-refractivity contribution in [3.05, 3.63) is 0 Å². The zero-order chi connectivity index (χ0) is 7.11. The fourth-order valence-electron chi connectivity index (χ4n) is 0.369. The van der Waals surface area contributed by atoms with E-state index in [1.54, 1.807) is 0 Å². The normalized spacial score (nSPS) is 9.56. The molecule has 0 rings (SSSR count). The van der Waals surface area contributed by atoms with Crippen LogP contribution in [-0.2, 0) is 9.53 Å².